The van der Waals surface area contributed by atoms with Gasteiger partial charge in [0.2, 0.25) is 0 Å². The van der Waals surface area contributed by atoms with Crippen LogP contribution in [0.5, 0.6) is 0 Å². The zero-order valence-corrected chi connectivity index (χ0v) is 12.5. The molecular weight excluding hydrogens is 284 g/mol. The summed E-state index contributed by atoms with van der Waals surface area (Å²) >= 11 is 1.51. The molecule has 0 atom stereocenters. The summed E-state index contributed by atoms with van der Waals surface area (Å²) in [5.41, 5.74) is 5.03. The lowest BCUT2D eigenvalue weighted by molar-refractivity contribution is 0.0950. The zero-order valence-electron chi connectivity index (χ0n) is 11.7. The number of aliphatic hydroxyl groups excluding tert-OH is 1. The molecule has 2 aromatic rings. The Morgan fingerprint density at radius 1 is 1.48 bits per heavy atom. The highest BCUT2D eigenvalue weighted by Crippen LogP contribution is 2.10. The van der Waals surface area contributed by atoms with E-state index in [1.165, 1.54) is 11.3 Å². The number of nitrogens with one attached hydrogen (secondary N) is 1. The van der Waals surface area contributed by atoms with Crippen LogP contribution in [0, 0.1) is 18.8 Å². The van der Waals surface area contributed by atoms with Crippen molar-refractivity contribution >= 4 is 17.2 Å². The van der Waals surface area contributed by atoms with Crippen molar-refractivity contribution in [2.75, 3.05) is 6.61 Å². The van der Waals surface area contributed by atoms with Gasteiger partial charge in [0.15, 0.2) is 0 Å². The molecule has 1 heterocycles. The van der Waals surface area contributed by atoms with E-state index in [0.717, 1.165) is 16.8 Å². The van der Waals surface area contributed by atoms with Gasteiger partial charge in [0.05, 0.1) is 24.4 Å². The largest absolute Gasteiger partial charge is 0.395 e. The topological polar surface area (TPSA) is 62.2 Å². The summed E-state index contributed by atoms with van der Waals surface area (Å²) in [5, 5.41) is 13.5. The van der Waals surface area contributed by atoms with E-state index in [1.54, 1.807) is 11.6 Å². The molecule has 4 nitrogen and oxygen atoms in total. The molecule has 1 aromatic heterocycles. The molecule has 0 saturated heterocycles. The van der Waals surface area contributed by atoms with E-state index in [4.69, 9.17) is 5.11 Å². The van der Waals surface area contributed by atoms with Crippen molar-refractivity contribution in [3.05, 3.63) is 51.5 Å². The number of amides is 1. The normalized spacial score (nSPS) is 9.81. The molecule has 0 saturated carbocycles. The summed E-state index contributed by atoms with van der Waals surface area (Å²) < 4.78 is 0. The second-order valence-corrected chi connectivity index (χ2v) is 5.19. The predicted octanol–water partition coefficient (Wildman–Crippen LogP) is 2.12. The van der Waals surface area contributed by atoms with Gasteiger partial charge in [0.1, 0.15) is 0 Å². The maximum Gasteiger partial charge on any atom is 0.251 e. The molecule has 0 unspecified atom stereocenters. The molecule has 2 N–H and O–H groups in total. The number of aryl methyl sites for hydroxylation is 1. The van der Waals surface area contributed by atoms with Crippen LogP contribution in [0.3, 0.4) is 0 Å². The van der Waals surface area contributed by atoms with Crippen LogP contribution in [0.15, 0.2) is 29.1 Å². The highest BCUT2D eigenvalue weighted by Gasteiger charge is 2.07. The molecule has 1 amide bonds. The number of hydrogen-bond donors (Lipinski definition) is 2. The van der Waals surface area contributed by atoms with E-state index in [2.05, 4.69) is 22.1 Å². The Morgan fingerprint density at radius 2 is 2.33 bits per heavy atom. The van der Waals surface area contributed by atoms with Gasteiger partial charge in [-0.25, -0.2) is 4.98 Å². The molecule has 5 heteroatoms. The van der Waals surface area contributed by atoms with Crippen molar-refractivity contribution in [1.29, 1.82) is 0 Å². The molecule has 108 valence electrons. The number of rotatable bonds is 4. The first kappa shape index (κ1) is 15.2. The SMILES string of the molecule is Cc1cc(C(=O)NCc2cscn2)ccc1C#CCCO. The lowest BCUT2D eigenvalue weighted by Gasteiger charge is -2.05. The van der Waals surface area contributed by atoms with Crippen molar-refractivity contribution < 1.29 is 9.90 Å². The molecule has 0 aliphatic rings. The van der Waals surface area contributed by atoms with Gasteiger partial charge in [-0.1, -0.05) is 11.8 Å². The number of hydrogen-bond acceptors (Lipinski definition) is 4. The smallest absolute Gasteiger partial charge is 0.251 e. The minimum Gasteiger partial charge on any atom is -0.395 e. The van der Waals surface area contributed by atoms with Crippen LogP contribution in [0.4, 0.5) is 0 Å². The number of aliphatic hydroxyl groups is 1. The third kappa shape index (κ3) is 4.42. The Hall–Kier alpha value is -2.16. The van der Waals surface area contributed by atoms with Crippen molar-refractivity contribution in [1.82, 2.24) is 10.3 Å². The van der Waals surface area contributed by atoms with Crippen molar-refractivity contribution in [3.63, 3.8) is 0 Å². The minimum atomic E-state index is -0.124. The first-order chi connectivity index (χ1) is 10.2. The second-order valence-electron chi connectivity index (χ2n) is 4.47. The van der Waals surface area contributed by atoms with Gasteiger partial charge in [-0.05, 0) is 30.7 Å². The van der Waals surface area contributed by atoms with Crippen LogP contribution in [-0.2, 0) is 6.54 Å². The third-order valence-electron chi connectivity index (χ3n) is 2.86. The van der Waals surface area contributed by atoms with Gasteiger partial charge in [0, 0.05) is 22.9 Å². The molecule has 21 heavy (non-hydrogen) atoms. The predicted molar refractivity (Wildman–Crippen MR) is 83.0 cm³/mol. The summed E-state index contributed by atoms with van der Waals surface area (Å²) in [5.74, 6) is 5.74. The van der Waals surface area contributed by atoms with Crippen LogP contribution in [-0.4, -0.2) is 22.6 Å². The summed E-state index contributed by atoms with van der Waals surface area (Å²) in [6.45, 7) is 2.41. The molecule has 0 fully saturated rings. The Morgan fingerprint density at radius 3 is 3.00 bits per heavy atom. The number of benzene rings is 1. The molecule has 0 spiro atoms. The average Bonchev–Trinajstić information content (AvgIpc) is 3.00. The summed E-state index contributed by atoms with van der Waals surface area (Å²) in [6.07, 6.45) is 0.454. The fourth-order valence-electron chi connectivity index (χ4n) is 1.76. The Balaban J connectivity index is 2.02. The van der Waals surface area contributed by atoms with Gasteiger partial charge in [-0.3, -0.25) is 4.79 Å². The van der Waals surface area contributed by atoms with E-state index in [-0.39, 0.29) is 12.5 Å². The molecular formula is C16H16N2O2S. The number of aromatic nitrogens is 1. The van der Waals surface area contributed by atoms with E-state index < -0.39 is 0 Å². The lowest BCUT2D eigenvalue weighted by Crippen LogP contribution is -2.23. The molecule has 0 aliphatic heterocycles. The van der Waals surface area contributed by atoms with Gasteiger partial charge < -0.3 is 10.4 Å². The molecule has 1 aromatic carbocycles. The quantitative estimate of drug-likeness (QED) is 0.850. The van der Waals surface area contributed by atoms with Gasteiger partial charge >= 0.3 is 0 Å². The maximum absolute atomic E-state index is 12.1. The highest BCUT2D eigenvalue weighted by atomic mass is 32.1. The lowest BCUT2D eigenvalue weighted by atomic mass is 10.0. The summed E-state index contributed by atoms with van der Waals surface area (Å²) in [4.78, 5) is 16.2. The number of thiazole rings is 1. The first-order valence-corrected chi connectivity index (χ1v) is 7.50. The maximum atomic E-state index is 12.1. The van der Waals surface area contributed by atoms with E-state index in [9.17, 15) is 4.79 Å². The zero-order chi connectivity index (χ0) is 15.1. The van der Waals surface area contributed by atoms with E-state index in [0.29, 0.717) is 18.5 Å². The first-order valence-electron chi connectivity index (χ1n) is 6.56. The highest BCUT2D eigenvalue weighted by molar-refractivity contribution is 7.07. The third-order valence-corrected chi connectivity index (χ3v) is 3.50. The van der Waals surface area contributed by atoms with Crippen molar-refractivity contribution in [2.24, 2.45) is 0 Å². The number of carbonyl (C=O) groups excluding carboxylic acids is 1. The standard InChI is InChI=1S/C16H16N2O2S/c1-12-8-14(6-5-13(12)4-2-3-7-19)16(20)17-9-15-10-21-11-18-15/h5-6,8,10-11,19H,3,7,9H2,1H3,(H,17,20). The van der Waals surface area contributed by atoms with Crippen LogP contribution in [0.1, 0.15) is 33.6 Å². The monoisotopic (exact) mass is 300 g/mol. The average molecular weight is 300 g/mol. The molecule has 2 rings (SSSR count). The Bertz CT molecular complexity index is 669. The van der Waals surface area contributed by atoms with Crippen molar-refractivity contribution in [2.45, 2.75) is 19.9 Å². The van der Waals surface area contributed by atoms with Crippen LogP contribution in [0.25, 0.3) is 0 Å². The Kier molecular flexibility index (Phi) is 5.50. The fraction of sp³-hybridized carbons (Fsp3) is 0.250. The summed E-state index contributed by atoms with van der Waals surface area (Å²) in [7, 11) is 0. The van der Waals surface area contributed by atoms with E-state index in [1.807, 2.05) is 24.4 Å². The van der Waals surface area contributed by atoms with Crippen LogP contribution >= 0.6 is 11.3 Å². The minimum absolute atomic E-state index is 0.0587. The van der Waals surface area contributed by atoms with Crippen LogP contribution < -0.4 is 5.32 Å². The summed E-state index contributed by atoms with van der Waals surface area (Å²) in [6, 6.07) is 5.41. The Labute approximate surface area is 127 Å². The van der Waals surface area contributed by atoms with Crippen molar-refractivity contribution in [3.8, 4) is 11.8 Å². The second kappa shape index (κ2) is 7.58. The molecule has 0 bridgehead atoms. The number of carbonyl (C=O) groups is 1. The molecule has 0 radical (unpaired) electrons. The molecule has 0 aliphatic carbocycles. The van der Waals surface area contributed by atoms with Gasteiger partial charge in [-0.15, -0.1) is 11.3 Å². The van der Waals surface area contributed by atoms with Gasteiger partial charge in [-0.2, -0.15) is 0 Å². The van der Waals surface area contributed by atoms with Crippen LogP contribution in [0.2, 0.25) is 0 Å². The fourth-order valence-corrected chi connectivity index (χ4v) is 2.31. The number of nitrogens with zero attached hydrogens (tertiary/aromatic N) is 1. The van der Waals surface area contributed by atoms with Gasteiger partial charge in [0.25, 0.3) is 5.91 Å². The van der Waals surface area contributed by atoms with E-state index >= 15 is 0 Å².